The Labute approximate surface area is 126 Å². The molecule has 1 aliphatic carbocycles. The third kappa shape index (κ3) is 2.65. The number of rotatable bonds is 2. The van der Waals surface area contributed by atoms with Crippen LogP contribution in [-0.2, 0) is 6.54 Å². The van der Waals surface area contributed by atoms with E-state index in [1.54, 1.807) is 6.20 Å². The summed E-state index contributed by atoms with van der Waals surface area (Å²) in [6.45, 7) is 2.01. The van der Waals surface area contributed by atoms with Crippen LogP contribution in [0.4, 0.5) is 13.2 Å². The first-order valence-electron chi connectivity index (χ1n) is 7.32. The second-order valence-corrected chi connectivity index (χ2v) is 5.74. The van der Waals surface area contributed by atoms with Crippen LogP contribution >= 0.6 is 0 Å². The Morgan fingerprint density at radius 2 is 2.27 bits per heavy atom. The van der Waals surface area contributed by atoms with Crippen molar-refractivity contribution in [3.05, 3.63) is 29.1 Å². The molecule has 4 nitrogen and oxygen atoms in total. The van der Waals surface area contributed by atoms with E-state index in [-0.39, 0.29) is 5.91 Å². The van der Waals surface area contributed by atoms with Gasteiger partial charge in [0.1, 0.15) is 0 Å². The van der Waals surface area contributed by atoms with Crippen molar-refractivity contribution in [1.82, 2.24) is 15.2 Å². The molecule has 2 N–H and O–H groups in total. The van der Waals surface area contributed by atoms with Crippen LogP contribution in [-0.4, -0.2) is 36.8 Å². The molecule has 3 rings (SSSR count). The standard InChI is InChI=1S/C15H18F3N3O/c1-19-14(22)11-8-21-5-4-20-7-10-3-2-9(6-15(16,17)18)12(11)13(10)21/h3,8-9,20H,2,4-7H2,1H3,(H,19,22)/t9-/m1/s1. The number of alkyl halides is 3. The lowest BCUT2D eigenvalue weighted by Crippen LogP contribution is -2.24. The van der Waals surface area contributed by atoms with Gasteiger partial charge >= 0.3 is 6.18 Å². The number of carbonyl (C=O) groups is 1. The largest absolute Gasteiger partial charge is 0.389 e. The van der Waals surface area contributed by atoms with Gasteiger partial charge in [0, 0.05) is 38.6 Å². The average molecular weight is 313 g/mol. The Bertz CT molecular complexity index is 631. The third-order valence-corrected chi connectivity index (χ3v) is 4.27. The first kappa shape index (κ1) is 15.1. The summed E-state index contributed by atoms with van der Waals surface area (Å²) >= 11 is 0. The minimum atomic E-state index is -4.24. The molecule has 0 spiro atoms. The number of hydrogen-bond acceptors (Lipinski definition) is 2. The fourth-order valence-corrected chi connectivity index (χ4v) is 3.38. The first-order chi connectivity index (χ1) is 10.4. The molecular weight excluding hydrogens is 295 g/mol. The van der Waals surface area contributed by atoms with Crippen molar-refractivity contribution in [2.24, 2.45) is 0 Å². The average Bonchev–Trinajstić information content (AvgIpc) is 2.71. The summed E-state index contributed by atoms with van der Waals surface area (Å²) in [6.07, 6.45) is -1.25. The Morgan fingerprint density at radius 3 is 2.95 bits per heavy atom. The van der Waals surface area contributed by atoms with Gasteiger partial charge in [-0.25, -0.2) is 0 Å². The maximum absolute atomic E-state index is 12.9. The van der Waals surface area contributed by atoms with E-state index < -0.39 is 18.5 Å². The van der Waals surface area contributed by atoms with Gasteiger partial charge in [-0.2, -0.15) is 13.2 Å². The zero-order valence-electron chi connectivity index (χ0n) is 12.3. The van der Waals surface area contributed by atoms with Crippen molar-refractivity contribution in [3.63, 3.8) is 0 Å². The van der Waals surface area contributed by atoms with Gasteiger partial charge in [0.2, 0.25) is 0 Å². The number of aromatic nitrogens is 1. The van der Waals surface area contributed by atoms with E-state index in [4.69, 9.17) is 0 Å². The predicted octanol–water partition coefficient (Wildman–Crippen LogP) is 2.27. The Morgan fingerprint density at radius 1 is 1.50 bits per heavy atom. The van der Waals surface area contributed by atoms with Gasteiger partial charge in [0.15, 0.2) is 0 Å². The summed E-state index contributed by atoms with van der Waals surface area (Å²) in [5.41, 5.74) is 2.71. The van der Waals surface area contributed by atoms with Crippen LogP contribution in [0, 0.1) is 0 Å². The van der Waals surface area contributed by atoms with Gasteiger partial charge in [-0.1, -0.05) is 6.08 Å². The van der Waals surface area contributed by atoms with Gasteiger partial charge in [0.05, 0.1) is 12.0 Å². The predicted molar refractivity (Wildman–Crippen MR) is 76.7 cm³/mol. The van der Waals surface area contributed by atoms with Crippen molar-refractivity contribution in [1.29, 1.82) is 0 Å². The molecule has 0 bridgehead atoms. The smallest absolute Gasteiger partial charge is 0.355 e. The summed E-state index contributed by atoms with van der Waals surface area (Å²) in [7, 11) is 1.50. The lowest BCUT2D eigenvalue weighted by atomic mass is 9.82. The summed E-state index contributed by atoms with van der Waals surface area (Å²) in [4.78, 5) is 12.1. The number of hydrogen-bond donors (Lipinski definition) is 2. The van der Waals surface area contributed by atoms with E-state index in [1.165, 1.54) is 7.05 Å². The summed E-state index contributed by atoms with van der Waals surface area (Å²) < 4.78 is 40.6. The van der Waals surface area contributed by atoms with Gasteiger partial charge in [-0.15, -0.1) is 0 Å². The van der Waals surface area contributed by atoms with E-state index in [2.05, 4.69) is 10.6 Å². The second kappa shape index (κ2) is 5.46. The van der Waals surface area contributed by atoms with Crippen molar-refractivity contribution in [2.45, 2.75) is 31.5 Å². The molecule has 0 saturated heterocycles. The molecule has 120 valence electrons. The van der Waals surface area contributed by atoms with Crippen LogP contribution in [0.1, 0.15) is 40.4 Å². The second-order valence-electron chi connectivity index (χ2n) is 5.74. The lowest BCUT2D eigenvalue weighted by molar-refractivity contribution is -0.138. The fraction of sp³-hybridized carbons (Fsp3) is 0.533. The summed E-state index contributed by atoms with van der Waals surface area (Å²) in [6, 6.07) is 0. The van der Waals surface area contributed by atoms with E-state index in [0.717, 1.165) is 17.8 Å². The lowest BCUT2D eigenvalue weighted by Gasteiger charge is -2.25. The van der Waals surface area contributed by atoms with Crippen molar-refractivity contribution in [3.8, 4) is 0 Å². The number of nitrogens with zero attached hydrogens (tertiary/aromatic N) is 1. The zero-order chi connectivity index (χ0) is 15.9. The van der Waals surface area contributed by atoms with Crippen LogP contribution in [0.5, 0.6) is 0 Å². The monoisotopic (exact) mass is 313 g/mol. The number of allylic oxidation sites excluding steroid dienone is 1. The van der Waals surface area contributed by atoms with Crippen molar-refractivity contribution >= 4 is 11.5 Å². The highest BCUT2D eigenvalue weighted by Crippen LogP contribution is 2.43. The van der Waals surface area contributed by atoms with Gasteiger partial charge in [-0.05, 0) is 23.5 Å². The molecule has 1 aromatic heterocycles. The van der Waals surface area contributed by atoms with Crippen LogP contribution in [0.2, 0.25) is 0 Å². The molecule has 1 aliphatic heterocycles. The molecule has 0 aromatic carbocycles. The molecule has 1 amide bonds. The van der Waals surface area contributed by atoms with E-state index >= 15 is 0 Å². The van der Waals surface area contributed by atoms with E-state index in [9.17, 15) is 18.0 Å². The topological polar surface area (TPSA) is 46.1 Å². The Balaban J connectivity index is 2.12. The molecule has 22 heavy (non-hydrogen) atoms. The fourth-order valence-electron chi connectivity index (χ4n) is 3.38. The van der Waals surface area contributed by atoms with Crippen molar-refractivity contribution < 1.29 is 18.0 Å². The molecule has 1 atom stereocenters. The summed E-state index contributed by atoms with van der Waals surface area (Å²) in [5, 5.41) is 5.79. The SMILES string of the molecule is CNC(=O)c1cn2c3c1[C@@H](CC(F)(F)F)CC=C3CNCC2. The molecule has 0 unspecified atom stereocenters. The Kier molecular flexibility index (Phi) is 3.76. The minimum absolute atomic E-state index is 0.317. The number of halogens is 3. The van der Waals surface area contributed by atoms with Crippen LogP contribution in [0.15, 0.2) is 12.3 Å². The van der Waals surface area contributed by atoms with Gasteiger partial charge < -0.3 is 15.2 Å². The first-order valence-corrected chi connectivity index (χ1v) is 7.32. The maximum atomic E-state index is 12.9. The molecule has 0 saturated carbocycles. The number of carbonyl (C=O) groups excluding carboxylic acids is 1. The number of amides is 1. The molecule has 0 fully saturated rings. The van der Waals surface area contributed by atoms with Gasteiger partial charge in [-0.3, -0.25) is 4.79 Å². The van der Waals surface area contributed by atoms with Crippen LogP contribution < -0.4 is 10.6 Å². The van der Waals surface area contributed by atoms with Crippen molar-refractivity contribution in [2.75, 3.05) is 20.1 Å². The van der Waals surface area contributed by atoms with E-state index in [0.29, 0.717) is 30.6 Å². The number of nitrogens with one attached hydrogen (secondary N) is 2. The highest BCUT2D eigenvalue weighted by atomic mass is 19.4. The Hall–Kier alpha value is -1.76. The highest BCUT2D eigenvalue weighted by Gasteiger charge is 2.38. The quantitative estimate of drug-likeness (QED) is 0.880. The van der Waals surface area contributed by atoms with E-state index in [1.807, 2.05) is 10.6 Å². The maximum Gasteiger partial charge on any atom is 0.389 e. The van der Waals surface area contributed by atoms with Crippen LogP contribution in [0.25, 0.3) is 5.57 Å². The normalized spacial score (nSPS) is 20.9. The summed E-state index contributed by atoms with van der Waals surface area (Å²) in [5.74, 6) is -1.01. The molecule has 1 aromatic rings. The molecule has 0 radical (unpaired) electrons. The molecule has 7 heteroatoms. The minimum Gasteiger partial charge on any atom is -0.355 e. The third-order valence-electron chi connectivity index (χ3n) is 4.27. The molecule has 2 heterocycles. The molecule has 2 aliphatic rings. The molecular formula is C15H18F3N3O. The zero-order valence-corrected chi connectivity index (χ0v) is 12.3. The van der Waals surface area contributed by atoms with Crippen LogP contribution in [0.3, 0.4) is 0 Å². The highest BCUT2D eigenvalue weighted by molar-refractivity contribution is 5.97. The van der Waals surface area contributed by atoms with Gasteiger partial charge in [0.25, 0.3) is 5.91 Å².